The van der Waals surface area contributed by atoms with Crippen molar-refractivity contribution in [2.45, 2.75) is 19.1 Å². The van der Waals surface area contributed by atoms with Crippen molar-refractivity contribution in [2.24, 2.45) is 0 Å². The fraction of sp³-hybridized carbons (Fsp3) is 0.750. The zero-order valence-electron chi connectivity index (χ0n) is 8.10. The second kappa shape index (κ2) is 4.28. The van der Waals surface area contributed by atoms with E-state index in [0.29, 0.717) is 6.61 Å². The number of aliphatic carboxylic acids is 1. The number of methoxy groups -OCH3 is 1. The van der Waals surface area contributed by atoms with Crippen LogP contribution in [0.4, 0.5) is 4.79 Å². The highest BCUT2D eigenvalue weighted by Gasteiger charge is 2.43. The molecule has 0 aromatic heterocycles. The summed E-state index contributed by atoms with van der Waals surface area (Å²) in [5, 5.41) is 8.86. The minimum atomic E-state index is -1.06. The molecule has 0 bridgehead atoms. The largest absolute Gasteiger partial charge is 0.480 e. The molecule has 1 fully saturated rings. The molecule has 0 radical (unpaired) electrons. The number of cyclic esters (lactones) is 1. The third-order valence-corrected chi connectivity index (χ3v) is 2.09. The topological polar surface area (TPSA) is 76.1 Å². The highest BCUT2D eigenvalue weighted by Crippen LogP contribution is 2.18. The average Bonchev–Trinajstić information content (AvgIpc) is 2.37. The fourth-order valence-corrected chi connectivity index (χ4v) is 1.41. The smallest absolute Gasteiger partial charge is 0.411 e. The number of carbonyl (C=O) groups excluding carboxylic acids is 1. The molecule has 0 aromatic rings. The SMILES string of the molecule is COCCN1C(=O)OC(C)C1C(=O)O. The van der Waals surface area contributed by atoms with Gasteiger partial charge in [-0.2, -0.15) is 0 Å². The third-order valence-electron chi connectivity index (χ3n) is 2.09. The first-order valence-electron chi connectivity index (χ1n) is 4.27. The molecule has 14 heavy (non-hydrogen) atoms. The molecule has 2 atom stereocenters. The van der Waals surface area contributed by atoms with Crippen LogP contribution in [0.5, 0.6) is 0 Å². The average molecular weight is 203 g/mol. The van der Waals surface area contributed by atoms with Crippen molar-refractivity contribution in [3.63, 3.8) is 0 Å². The quantitative estimate of drug-likeness (QED) is 0.692. The number of carboxylic acids is 1. The number of nitrogens with zero attached hydrogens (tertiary/aromatic N) is 1. The Morgan fingerprint density at radius 3 is 2.86 bits per heavy atom. The lowest BCUT2D eigenvalue weighted by molar-refractivity contribution is -0.142. The zero-order chi connectivity index (χ0) is 10.7. The maximum absolute atomic E-state index is 11.2. The Kier molecular flexibility index (Phi) is 3.29. The maximum Gasteiger partial charge on any atom is 0.411 e. The molecule has 80 valence electrons. The second-order valence-corrected chi connectivity index (χ2v) is 3.06. The molecular weight excluding hydrogens is 190 g/mol. The Bertz CT molecular complexity index is 242. The molecule has 6 heteroatoms. The van der Waals surface area contributed by atoms with Gasteiger partial charge in [0.25, 0.3) is 0 Å². The van der Waals surface area contributed by atoms with Gasteiger partial charge < -0.3 is 14.6 Å². The molecule has 1 saturated heterocycles. The lowest BCUT2D eigenvalue weighted by Gasteiger charge is -2.18. The van der Waals surface area contributed by atoms with Crippen molar-refractivity contribution < 1.29 is 24.2 Å². The molecule has 1 N–H and O–H groups in total. The molecule has 1 heterocycles. The van der Waals surface area contributed by atoms with Gasteiger partial charge >= 0.3 is 12.1 Å². The number of amides is 1. The van der Waals surface area contributed by atoms with Gasteiger partial charge in [-0.15, -0.1) is 0 Å². The van der Waals surface area contributed by atoms with E-state index in [-0.39, 0.29) is 6.54 Å². The molecule has 2 unspecified atom stereocenters. The van der Waals surface area contributed by atoms with Crippen LogP contribution in [0.3, 0.4) is 0 Å². The predicted octanol–water partition coefficient (Wildman–Crippen LogP) is -0.0733. The van der Waals surface area contributed by atoms with Gasteiger partial charge in [-0.25, -0.2) is 9.59 Å². The normalized spacial score (nSPS) is 26.4. The van der Waals surface area contributed by atoms with E-state index in [4.69, 9.17) is 14.6 Å². The molecule has 0 spiro atoms. The fourth-order valence-electron chi connectivity index (χ4n) is 1.41. The van der Waals surface area contributed by atoms with Crippen LogP contribution in [0.15, 0.2) is 0 Å². The molecule has 0 aromatic carbocycles. The Morgan fingerprint density at radius 2 is 2.36 bits per heavy atom. The summed E-state index contributed by atoms with van der Waals surface area (Å²) in [7, 11) is 1.49. The van der Waals surface area contributed by atoms with Crippen LogP contribution in [0.25, 0.3) is 0 Å². The molecule has 1 amide bonds. The van der Waals surface area contributed by atoms with Gasteiger partial charge in [-0.05, 0) is 6.92 Å². The van der Waals surface area contributed by atoms with E-state index >= 15 is 0 Å². The van der Waals surface area contributed by atoms with E-state index in [1.165, 1.54) is 7.11 Å². The number of carboxylic acid groups (broad SMARTS) is 1. The van der Waals surface area contributed by atoms with Crippen LogP contribution < -0.4 is 0 Å². The number of hydrogen-bond donors (Lipinski definition) is 1. The van der Waals surface area contributed by atoms with Gasteiger partial charge in [0.2, 0.25) is 0 Å². The van der Waals surface area contributed by atoms with Gasteiger partial charge in [0.05, 0.1) is 6.61 Å². The van der Waals surface area contributed by atoms with Crippen molar-refractivity contribution in [3.05, 3.63) is 0 Å². The predicted molar refractivity (Wildman–Crippen MR) is 45.9 cm³/mol. The minimum absolute atomic E-state index is 0.233. The van der Waals surface area contributed by atoms with Crippen molar-refractivity contribution >= 4 is 12.1 Å². The Hall–Kier alpha value is -1.30. The van der Waals surface area contributed by atoms with Crippen molar-refractivity contribution in [3.8, 4) is 0 Å². The minimum Gasteiger partial charge on any atom is -0.480 e. The Morgan fingerprint density at radius 1 is 1.71 bits per heavy atom. The van der Waals surface area contributed by atoms with Crippen LogP contribution in [-0.2, 0) is 14.3 Å². The van der Waals surface area contributed by atoms with E-state index in [1.807, 2.05) is 0 Å². The van der Waals surface area contributed by atoms with Gasteiger partial charge in [0.15, 0.2) is 6.04 Å². The van der Waals surface area contributed by atoms with E-state index in [2.05, 4.69) is 0 Å². The third kappa shape index (κ3) is 1.95. The number of hydrogen-bond acceptors (Lipinski definition) is 4. The highest BCUT2D eigenvalue weighted by atomic mass is 16.6. The van der Waals surface area contributed by atoms with E-state index < -0.39 is 24.2 Å². The highest BCUT2D eigenvalue weighted by molar-refractivity contribution is 5.83. The van der Waals surface area contributed by atoms with Gasteiger partial charge in [0, 0.05) is 13.7 Å². The van der Waals surface area contributed by atoms with Crippen LogP contribution in [0.2, 0.25) is 0 Å². The summed E-state index contributed by atoms with van der Waals surface area (Å²) < 4.78 is 9.57. The molecule has 1 rings (SSSR count). The molecule has 1 aliphatic rings. The summed E-state index contributed by atoms with van der Waals surface area (Å²) in [4.78, 5) is 23.2. The lowest BCUT2D eigenvalue weighted by Crippen LogP contribution is -2.43. The standard InChI is InChI=1S/C8H13NO5/c1-5-6(7(10)11)9(3-4-13-2)8(12)14-5/h5-6H,3-4H2,1-2H3,(H,10,11). The molecule has 6 nitrogen and oxygen atoms in total. The summed E-state index contributed by atoms with van der Waals surface area (Å²) in [6.07, 6.45) is -1.21. The number of rotatable bonds is 4. The summed E-state index contributed by atoms with van der Waals surface area (Å²) in [6, 6.07) is -0.905. The van der Waals surface area contributed by atoms with Gasteiger partial charge in [-0.1, -0.05) is 0 Å². The monoisotopic (exact) mass is 203 g/mol. The number of carbonyl (C=O) groups is 2. The molecule has 1 aliphatic heterocycles. The second-order valence-electron chi connectivity index (χ2n) is 3.06. The van der Waals surface area contributed by atoms with E-state index in [9.17, 15) is 9.59 Å². The van der Waals surface area contributed by atoms with Crippen molar-refractivity contribution in [1.29, 1.82) is 0 Å². The molecule has 0 aliphatic carbocycles. The Balaban J connectivity index is 2.68. The molecular formula is C8H13NO5. The number of ether oxygens (including phenoxy) is 2. The van der Waals surface area contributed by atoms with Crippen molar-refractivity contribution in [1.82, 2.24) is 4.90 Å². The molecule has 0 saturated carbocycles. The first-order valence-corrected chi connectivity index (χ1v) is 4.27. The van der Waals surface area contributed by atoms with Crippen LogP contribution >= 0.6 is 0 Å². The first kappa shape index (κ1) is 10.8. The van der Waals surface area contributed by atoms with Crippen LogP contribution in [0, 0.1) is 0 Å². The summed E-state index contributed by atoms with van der Waals surface area (Å²) >= 11 is 0. The van der Waals surface area contributed by atoms with Gasteiger partial charge in [-0.3, -0.25) is 4.90 Å². The summed E-state index contributed by atoms with van der Waals surface area (Å²) in [5.41, 5.74) is 0. The van der Waals surface area contributed by atoms with E-state index in [1.54, 1.807) is 6.92 Å². The van der Waals surface area contributed by atoms with Crippen LogP contribution in [-0.4, -0.2) is 54.5 Å². The maximum atomic E-state index is 11.2. The van der Waals surface area contributed by atoms with Crippen molar-refractivity contribution in [2.75, 3.05) is 20.3 Å². The zero-order valence-corrected chi connectivity index (χ0v) is 8.10. The Labute approximate surface area is 81.4 Å². The van der Waals surface area contributed by atoms with Gasteiger partial charge in [0.1, 0.15) is 6.10 Å². The summed E-state index contributed by atoms with van der Waals surface area (Å²) in [6.45, 7) is 2.09. The van der Waals surface area contributed by atoms with E-state index in [0.717, 1.165) is 4.90 Å². The first-order chi connectivity index (χ1) is 6.57. The summed E-state index contributed by atoms with van der Waals surface area (Å²) in [5.74, 6) is -1.06. The lowest BCUT2D eigenvalue weighted by atomic mass is 10.2. The van der Waals surface area contributed by atoms with Crippen LogP contribution in [0.1, 0.15) is 6.92 Å².